The van der Waals surface area contributed by atoms with Gasteiger partial charge in [0.15, 0.2) is 0 Å². The number of benzene rings is 1. The molecule has 0 aliphatic carbocycles. The Morgan fingerprint density at radius 3 is 2.57 bits per heavy atom. The fraction of sp³-hybridized carbons (Fsp3) is 0.273. The van der Waals surface area contributed by atoms with Crippen LogP contribution in [-0.4, -0.2) is 33.2 Å². The number of aromatic nitrogens is 4. The molecule has 1 aromatic carbocycles. The molecule has 0 fully saturated rings. The van der Waals surface area contributed by atoms with Crippen molar-refractivity contribution in [2.45, 2.75) is 6.18 Å². The number of carbonyl (C=O) groups is 1. The SMILES string of the molecule is CNc1ccc(C(F)(F)F)cc1C(=O)Nc1nnn(C)n1. The number of nitrogens with zero attached hydrogens (tertiary/aromatic N) is 4. The maximum absolute atomic E-state index is 12.7. The summed E-state index contributed by atoms with van der Waals surface area (Å²) >= 11 is 0. The van der Waals surface area contributed by atoms with Gasteiger partial charge in [0.25, 0.3) is 11.9 Å². The van der Waals surface area contributed by atoms with E-state index in [0.29, 0.717) is 0 Å². The molecule has 0 aliphatic rings. The lowest BCUT2D eigenvalue weighted by Gasteiger charge is -2.12. The van der Waals surface area contributed by atoms with E-state index in [4.69, 9.17) is 0 Å². The van der Waals surface area contributed by atoms with Crippen LogP contribution in [0.25, 0.3) is 0 Å². The van der Waals surface area contributed by atoms with Crippen LogP contribution in [0.15, 0.2) is 18.2 Å². The van der Waals surface area contributed by atoms with Gasteiger partial charge in [-0.3, -0.25) is 10.1 Å². The lowest BCUT2D eigenvalue weighted by atomic mass is 10.1. The molecule has 0 unspecified atom stereocenters. The molecule has 112 valence electrons. The highest BCUT2D eigenvalue weighted by atomic mass is 19.4. The van der Waals surface area contributed by atoms with E-state index in [1.807, 2.05) is 0 Å². The Labute approximate surface area is 117 Å². The summed E-state index contributed by atoms with van der Waals surface area (Å²) in [6.07, 6.45) is -4.54. The van der Waals surface area contributed by atoms with E-state index in [1.54, 1.807) is 0 Å². The number of halogens is 3. The van der Waals surface area contributed by atoms with E-state index in [1.165, 1.54) is 20.2 Å². The second kappa shape index (κ2) is 5.38. The van der Waals surface area contributed by atoms with Gasteiger partial charge in [-0.25, -0.2) is 0 Å². The van der Waals surface area contributed by atoms with Crippen molar-refractivity contribution in [1.29, 1.82) is 0 Å². The Bertz CT molecular complexity index is 666. The highest BCUT2D eigenvalue weighted by Gasteiger charge is 2.31. The number of carbonyl (C=O) groups excluding carboxylic acids is 1. The molecule has 0 atom stereocenters. The van der Waals surface area contributed by atoms with Crippen molar-refractivity contribution in [3.8, 4) is 0 Å². The van der Waals surface area contributed by atoms with Gasteiger partial charge in [0.2, 0.25) is 0 Å². The molecule has 21 heavy (non-hydrogen) atoms. The summed E-state index contributed by atoms with van der Waals surface area (Å²) in [5.74, 6) is -0.861. The highest BCUT2D eigenvalue weighted by Crippen LogP contribution is 2.31. The van der Waals surface area contributed by atoms with E-state index < -0.39 is 17.6 Å². The van der Waals surface area contributed by atoms with Crippen LogP contribution in [-0.2, 0) is 13.2 Å². The molecule has 1 amide bonds. The molecule has 0 radical (unpaired) electrons. The minimum absolute atomic E-state index is 0.0954. The molecule has 2 rings (SSSR count). The molecular formula is C11H11F3N6O. The molecule has 0 spiro atoms. The van der Waals surface area contributed by atoms with Crippen molar-refractivity contribution in [2.24, 2.45) is 7.05 Å². The van der Waals surface area contributed by atoms with Crippen molar-refractivity contribution < 1.29 is 18.0 Å². The molecule has 0 aliphatic heterocycles. The first-order valence-corrected chi connectivity index (χ1v) is 5.75. The van der Waals surface area contributed by atoms with Crippen molar-refractivity contribution in [3.63, 3.8) is 0 Å². The molecule has 0 bridgehead atoms. The van der Waals surface area contributed by atoms with Crippen molar-refractivity contribution in [1.82, 2.24) is 20.2 Å². The average Bonchev–Trinajstić information content (AvgIpc) is 2.82. The van der Waals surface area contributed by atoms with Gasteiger partial charge in [0.05, 0.1) is 18.2 Å². The summed E-state index contributed by atoms with van der Waals surface area (Å²) in [4.78, 5) is 13.2. The monoisotopic (exact) mass is 300 g/mol. The zero-order chi connectivity index (χ0) is 15.6. The van der Waals surface area contributed by atoms with Crippen LogP contribution < -0.4 is 10.6 Å². The van der Waals surface area contributed by atoms with E-state index in [-0.39, 0.29) is 17.2 Å². The van der Waals surface area contributed by atoms with Crippen LogP contribution in [0.2, 0.25) is 0 Å². The number of anilines is 2. The predicted molar refractivity (Wildman–Crippen MR) is 67.7 cm³/mol. The molecular weight excluding hydrogens is 289 g/mol. The van der Waals surface area contributed by atoms with Gasteiger partial charge in [-0.15, -0.1) is 5.10 Å². The maximum atomic E-state index is 12.7. The minimum Gasteiger partial charge on any atom is -0.387 e. The predicted octanol–water partition coefficient (Wildman–Crippen LogP) is 1.52. The second-order valence-electron chi connectivity index (χ2n) is 4.06. The fourth-order valence-electron chi connectivity index (χ4n) is 1.63. The molecule has 1 aromatic heterocycles. The molecule has 0 saturated carbocycles. The largest absolute Gasteiger partial charge is 0.416 e. The third kappa shape index (κ3) is 3.27. The first-order chi connectivity index (χ1) is 9.81. The number of tetrazole rings is 1. The zero-order valence-electron chi connectivity index (χ0n) is 11.1. The number of aryl methyl sites for hydroxylation is 1. The number of amides is 1. The smallest absolute Gasteiger partial charge is 0.387 e. The van der Waals surface area contributed by atoms with Gasteiger partial charge in [0, 0.05) is 12.7 Å². The number of nitrogens with one attached hydrogen (secondary N) is 2. The average molecular weight is 300 g/mol. The van der Waals surface area contributed by atoms with Gasteiger partial charge < -0.3 is 5.32 Å². The number of alkyl halides is 3. The molecule has 7 nitrogen and oxygen atoms in total. The quantitative estimate of drug-likeness (QED) is 0.898. The highest BCUT2D eigenvalue weighted by molar-refractivity contribution is 6.07. The summed E-state index contributed by atoms with van der Waals surface area (Å²) < 4.78 is 38.1. The first-order valence-electron chi connectivity index (χ1n) is 5.75. The molecule has 0 saturated heterocycles. The van der Waals surface area contributed by atoms with Gasteiger partial charge in [-0.05, 0) is 23.4 Å². The minimum atomic E-state index is -4.54. The first kappa shape index (κ1) is 14.8. The molecule has 10 heteroatoms. The Morgan fingerprint density at radius 1 is 1.33 bits per heavy atom. The lowest BCUT2D eigenvalue weighted by molar-refractivity contribution is -0.137. The third-order valence-corrected chi connectivity index (χ3v) is 2.59. The van der Waals surface area contributed by atoms with Gasteiger partial charge in [0.1, 0.15) is 0 Å². The van der Waals surface area contributed by atoms with Crippen molar-refractivity contribution in [2.75, 3.05) is 17.7 Å². The normalized spacial score (nSPS) is 11.3. The zero-order valence-corrected chi connectivity index (χ0v) is 11.1. The summed E-state index contributed by atoms with van der Waals surface area (Å²) in [6.45, 7) is 0. The summed E-state index contributed by atoms with van der Waals surface area (Å²) in [6, 6.07) is 2.84. The topological polar surface area (TPSA) is 84.7 Å². The van der Waals surface area contributed by atoms with E-state index in [0.717, 1.165) is 16.9 Å². The number of hydrogen-bond acceptors (Lipinski definition) is 5. The molecule has 2 aromatic rings. The lowest BCUT2D eigenvalue weighted by Crippen LogP contribution is -2.17. The summed E-state index contributed by atoms with van der Waals surface area (Å²) in [5, 5.41) is 15.7. The Morgan fingerprint density at radius 2 is 2.05 bits per heavy atom. The maximum Gasteiger partial charge on any atom is 0.416 e. The second-order valence-corrected chi connectivity index (χ2v) is 4.06. The van der Waals surface area contributed by atoms with E-state index in [2.05, 4.69) is 26.0 Å². The molecule has 1 heterocycles. The Balaban J connectivity index is 2.34. The van der Waals surface area contributed by atoms with Crippen LogP contribution in [0.4, 0.5) is 24.8 Å². The van der Waals surface area contributed by atoms with Crippen LogP contribution in [0.1, 0.15) is 15.9 Å². The molecule has 2 N–H and O–H groups in total. The van der Waals surface area contributed by atoms with Gasteiger partial charge in [-0.2, -0.15) is 18.0 Å². The van der Waals surface area contributed by atoms with Crippen molar-refractivity contribution >= 4 is 17.5 Å². The van der Waals surface area contributed by atoms with Crippen LogP contribution in [0, 0.1) is 0 Å². The third-order valence-electron chi connectivity index (χ3n) is 2.59. The fourth-order valence-corrected chi connectivity index (χ4v) is 1.63. The van der Waals surface area contributed by atoms with E-state index >= 15 is 0 Å². The van der Waals surface area contributed by atoms with Crippen molar-refractivity contribution in [3.05, 3.63) is 29.3 Å². The summed E-state index contributed by atoms with van der Waals surface area (Å²) in [7, 11) is 2.99. The Kier molecular flexibility index (Phi) is 3.78. The van der Waals surface area contributed by atoms with E-state index in [9.17, 15) is 18.0 Å². The van der Waals surface area contributed by atoms with Crippen LogP contribution >= 0.6 is 0 Å². The Hall–Kier alpha value is -2.65. The number of hydrogen-bond donors (Lipinski definition) is 2. The standard InChI is InChI=1S/C11H11F3N6O/c1-15-8-4-3-6(11(12,13)14)5-7(8)9(21)16-10-17-19-20(2)18-10/h3-5,15H,1-2H3,(H,16,18,21). The summed E-state index contributed by atoms with van der Waals surface area (Å²) in [5.41, 5.74) is -0.831. The van der Waals surface area contributed by atoms with Crippen LogP contribution in [0.5, 0.6) is 0 Å². The number of rotatable bonds is 3. The van der Waals surface area contributed by atoms with Crippen LogP contribution in [0.3, 0.4) is 0 Å². The van der Waals surface area contributed by atoms with Gasteiger partial charge in [-0.1, -0.05) is 5.10 Å². The van der Waals surface area contributed by atoms with Gasteiger partial charge >= 0.3 is 6.18 Å².